The van der Waals surface area contributed by atoms with Crippen LogP contribution in [0.5, 0.6) is 0 Å². The van der Waals surface area contributed by atoms with E-state index < -0.39 is 0 Å². The average Bonchev–Trinajstić information content (AvgIpc) is 3.33. The summed E-state index contributed by atoms with van der Waals surface area (Å²) in [5.74, 6) is 2.33. The van der Waals surface area contributed by atoms with Gasteiger partial charge in [0.2, 0.25) is 5.89 Å². The fourth-order valence-corrected chi connectivity index (χ4v) is 4.18. The number of rotatable bonds is 7. The minimum Gasteiger partial charge on any atom is -0.338 e. The van der Waals surface area contributed by atoms with Gasteiger partial charge in [-0.2, -0.15) is 4.98 Å². The van der Waals surface area contributed by atoms with Gasteiger partial charge in [-0.15, -0.1) is 0 Å². The van der Waals surface area contributed by atoms with Gasteiger partial charge in [-0.05, 0) is 46.0 Å². The Labute approximate surface area is 146 Å². The lowest BCUT2D eigenvalue weighted by molar-refractivity contribution is -0.0245. The summed E-state index contributed by atoms with van der Waals surface area (Å²) in [5.41, 5.74) is 0. The Hall–Kier alpha value is -0.940. The van der Waals surface area contributed by atoms with Crippen molar-refractivity contribution in [3.8, 4) is 0 Å². The Morgan fingerprint density at radius 1 is 1.04 bits per heavy atom. The van der Waals surface area contributed by atoms with Gasteiger partial charge in [0.1, 0.15) is 0 Å². The smallest absolute Gasteiger partial charge is 0.244 e. The van der Waals surface area contributed by atoms with E-state index in [1.165, 1.54) is 25.7 Å². The molecule has 0 unspecified atom stereocenters. The summed E-state index contributed by atoms with van der Waals surface area (Å²) < 4.78 is 5.69. The second-order valence-corrected chi connectivity index (χ2v) is 7.80. The third kappa shape index (κ3) is 3.52. The highest BCUT2D eigenvalue weighted by atomic mass is 16.5. The Bertz CT molecular complexity index is 525. The predicted octanol–water partition coefficient (Wildman–Crippen LogP) is 3.98. The summed E-state index contributed by atoms with van der Waals surface area (Å²) in [4.78, 5) is 10.1. The van der Waals surface area contributed by atoms with Crippen LogP contribution in [0, 0.1) is 0 Å². The largest absolute Gasteiger partial charge is 0.338 e. The van der Waals surface area contributed by atoms with Gasteiger partial charge in [-0.3, -0.25) is 9.80 Å². The topological polar surface area (TPSA) is 45.4 Å². The van der Waals surface area contributed by atoms with Gasteiger partial charge in [0, 0.05) is 37.1 Å². The molecular formula is C19H34N4O. The van der Waals surface area contributed by atoms with Gasteiger partial charge < -0.3 is 4.52 Å². The van der Waals surface area contributed by atoms with Crippen LogP contribution in [0.2, 0.25) is 0 Å². The van der Waals surface area contributed by atoms with Crippen molar-refractivity contribution in [2.24, 2.45) is 0 Å². The zero-order valence-electron chi connectivity index (χ0n) is 16.0. The van der Waals surface area contributed by atoms with Gasteiger partial charge in [0.25, 0.3) is 0 Å². The normalized spacial score (nSPS) is 27.8. The molecule has 0 amide bonds. The molecule has 2 heterocycles. The summed E-state index contributed by atoms with van der Waals surface area (Å²) in [6, 6.07) is 2.05. The summed E-state index contributed by atoms with van der Waals surface area (Å²) in [6.45, 7) is 13.8. The summed E-state index contributed by atoms with van der Waals surface area (Å²) in [5, 5.41) is 4.25. The molecule has 2 aliphatic rings. The quantitative estimate of drug-likeness (QED) is 0.754. The molecule has 3 atom stereocenters. The number of hydrogen-bond donors (Lipinski definition) is 0. The van der Waals surface area contributed by atoms with Crippen LogP contribution in [0.3, 0.4) is 0 Å². The molecule has 0 spiro atoms. The van der Waals surface area contributed by atoms with Crippen LogP contribution in [0.15, 0.2) is 4.52 Å². The molecule has 3 rings (SSSR count). The number of aromatic nitrogens is 2. The monoisotopic (exact) mass is 334 g/mol. The highest BCUT2D eigenvalue weighted by molar-refractivity contribution is 5.06. The van der Waals surface area contributed by atoms with Gasteiger partial charge in [0.05, 0.1) is 6.04 Å². The van der Waals surface area contributed by atoms with Crippen LogP contribution in [-0.4, -0.2) is 51.2 Å². The lowest BCUT2D eigenvalue weighted by atomic mass is 9.97. The third-order valence-corrected chi connectivity index (χ3v) is 5.86. The van der Waals surface area contributed by atoms with Crippen molar-refractivity contribution in [1.82, 2.24) is 19.9 Å². The van der Waals surface area contributed by atoms with Crippen LogP contribution >= 0.6 is 0 Å². The fraction of sp³-hybridized carbons (Fsp3) is 0.895. The average molecular weight is 335 g/mol. The maximum atomic E-state index is 5.69. The summed E-state index contributed by atoms with van der Waals surface area (Å²) >= 11 is 0. The first-order valence-electron chi connectivity index (χ1n) is 9.93. The molecule has 0 aromatic carbocycles. The Balaban J connectivity index is 1.80. The first-order valence-corrected chi connectivity index (χ1v) is 9.93. The molecule has 0 bridgehead atoms. The number of piperazine rings is 1. The SMILES string of the molecule is CC[C@H]1CN([C@@H](CC)c2nc(C3CC3)no2)[C@H](CC)CN1C(C)C. The highest BCUT2D eigenvalue weighted by Gasteiger charge is 2.39. The molecule has 1 saturated heterocycles. The second-order valence-electron chi connectivity index (χ2n) is 7.80. The Morgan fingerprint density at radius 2 is 1.67 bits per heavy atom. The minimum atomic E-state index is 0.262. The summed E-state index contributed by atoms with van der Waals surface area (Å²) in [6.07, 6.45) is 5.83. The van der Waals surface area contributed by atoms with E-state index in [-0.39, 0.29) is 6.04 Å². The van der Waals surface area contributed by atoms with Crippen LogP contribution in [-0.2, 0) is 0 Å². The molecule has 1 aromatic rings. The molecule has 0 N–H and O–H groups in total. The van der Waals surface area contributed by atoms with E-state index in [0.717, 1.165) is 31.2 Å². The summed E-state index contributed by atoms with van der Waals surface area (Å²) in [7, 11) is 0. The van der Waals surface area contributed by atoms with Gasteiger partial charge in [-0.1, -0.05) is 25.9 Å². The Kier molecular flexibility index (Phi) is 5.60. The van der Waals surface area contributed by atoms with Crippen molar-refractivity contribution in [3.63, 3.8) is 0 Å². The molecule has 0 radical (unpaired) electrons. The number of hydrogen-bond acceptors (Lipinski definition) is 5. The van der Waals surface area contributed by atoms with Crippen molar-refractivity contribution in [2.75, 3.05) is 13.1 Å². The van der Waals surface area contributed by atoms with E-state index in [1.807, 2.05) is 0 Å². The van der Waals surface area contributed by atoms with Crippen LogP contribution in [0.4, 0.5) is 0 Å². The maximum absolute atomic E-state index is 5.69. The van der Waals surface area contributed by atoms with Crippen LogP contribution in [0.25, 0.3) is 0 Å². The van der Waals surface area contributed by atoms with E-state index in [0.29, 0.717) is 24.0 Å². The van der Waals surface area contributed by atoms with Crippen molar-refractivity contribution < 1.29 is 4.52 Å². The molecular weight excluding hydrogens is 300 g/mol. The van der Waals surface area contributed by atoms with Gasteiger partial charge in [-0.25, -0.2) is 0 Å². The van der Waals surface area contributed by atoms with Crippen molar-refractivity contribution in [1.29, 1.82) is 0 Å². The first kappa shape index (κ1) is 17.9. The fourth-order valence-electron chi connectivity index (χ4n) is 4.18. The van der Waals surface area contributed by atoms with Gasteiger partial charge >= 0.3 is 0 Å². The Morgan fingerprint density at radius 3 is 2.21 bits per heavy atom. The minimum absolute atomic E-state index is 0.262. The molecule has 1 aliphatic carbocycles. The molecule has 1 saturated carbocycles. The molecule has 1 aromatic heterocycles. The number of nitrogens with zero attached hydrogens (tertiary/aromatic N) is 4. The molecule has 2 fully saturated rings. The lowest BCUT2D eigenvalue weighted by Crippen LogP contribution is -2.60. The molecule has 1 aliphatic heterocycles. The zero-order chi connectivity index (χ0) is 17.3. The van der Waals surface area contributed by atoms with Crippen molar-refractivity contribution in [3.05, 3.63) is 11.7 Å². The second kappa shape index (κ2) is 7.52. The molecule has 5 nitrogen and oxygen atoms in total. The molecule has 5 heteroatoms. The highest BCUT2D eigenvalue weighted by Crippen LogP contribution is 2.39. The van der Waals surface area contributed by atoms with E-state index in [2.05, 4.69) is 49.6 Å². The predicted molar refractivity (Wildman–Crippen MR) is 96.0 cm³/mol. The zero-order valence-corrected chi connectivity index (χ0v) is 16.0. The third-order valence-electron chi connectivity index (χ3n) is 5.86. The van der Waals surface area contributed by atoms with Crippen LogP contribution < -0.4 is 0 Å². The van der Waals surface area contributed by atoms with Crippen LogP contribution in [0.1, 0.15) is 90.4 Å². The van der Waals surface area contributed by atoms with E-state index >= 15 is 0 Å². The molecule has 136 valence electrons. The maximum Gasteiger partial charge on any atom is 0.244 e. The van der Waals surface area contributed by atoms with Crippen molar-refractivity contribution in [2.45, 2.75) is 96.8 Å². The van der Waals surface area contributed by atoms with Gasteiger partial charge in [0.15, 0.2) is 5.82 Å². The van der Waals surface area contributed by atoms with E-state index in [9.17, 15) is 0 Å². The lowest BCUT2D eigenvalue weighted by Gasteiger charge is -2.49. The first-order chi connectivity index (χ1) is 11.6. The standard InChI is InChI=1S/C19H34N4O/c1-6-15-12-23(16(7-2)11-22(15)13(4)5)17(8-3)19-20-18(21-24-19)14-9-10-14/h13-17H,6-12H2,1-5H3/t15-,16+,17-/m0/s1. The van der Waals surface area contributed by atoms with Crippen molar-refractivity contribution >= 4 is 0 Å². The molecule has 24 heavy (non-hydrogen) atoms. The van der Waals surface area contributed by atoms with E-state index in [4.69, 9.17) is 9.51 Å². The van der Waals surface area contributed by atoms with E-state index in [1.54, 1.807) is 0 Å².